The van der Waals surface area contributed by atoms with Crippen LogP contribution < -0.4 is 0 Å². The molecule has 2 N–H and O–H groups in total. The lowest BCUT2D eigenvalue weighted by atomic mass is 9.79. The predicted molar refractivity (Wildman–Crippen MR) is 255 cm³/mol. The molecular weight excluding hydrogens is 863 g/mol. The number of hydrogen-bond acceptors (Lipinski definition) is 15. The number of methoxy groups -OCH3 is 3. The summed E-state index contributed by atoms with van der Waals surface area (Å²) in [4.78, 5) is 30.1. The Balaban J connectivity index is 1.69. The molecule has 17 atom stereocenters. The first kappa shape index (κ1) is 56.4. The summed E-state index contributed by atoms with van der Waals surface area (Å²) in [5.41, 5.74) is 1.83. The molecule has 0 amide bonds. The third-order valence-electron chi connectivity index (χ3n) is 13.3. The molecule has 0 saturated carbocycles. The van der Waals surface area contributed by atoms with Crippen LogP contribution in [-0.2, 0) is 57.0 Å². The van der Waals surface area contributed by atoms with Gasteiger partial charge in [0.05, 0.1) is 56.7 Å². The van der Waals surface area contributed by atoms with Crippen molar-refractivity contribution in [3.8, 4) is 0 Å². The van der Waals surface area contributed by atoms with Crippen molar-refractivity contribution in [2.24, 2.45) is 23.7 Å². The van der Waals surface area contributed by atoms with Crippen LogP contribution in [0.25, 0.3) is 6.08 Å². The molecule has 67 heavy (non-hydrogen) atoms. The molecule has 0 bridgehead atoms. The van der Waals surface area contributed by atoms with E-state index >= 15 is 0 Å². The summed E-state index contributed by atoms with van der Waals surface area (Å²) in [7, 11) is 8.31. The van der Waals surface area contributed by atoms with Crippen LogP contribution in [0.5, 0.6) is 0 Å². The van der Waals surface area contributed by atoms with E-state index in [1.807, 2.05) is 102 Å². The van der Waals surface area contributed by atoms with Crippen molar-refractivity contribution in [3.63, 3.8) is 0 Å². The van der Waals surface area contributed by atoms with Gasteiger partial charge >= 0.3 is 5.97 Å². The van der Waals surface area contributed by atoms with E-state index in [1.165, 1.54) is 14.2 Å². The number of rotatable bonds is 19. The minimum atomic E-state index is -1.13. The van der Waals surface area contributed by atoms with Gasteiger partial charge in [-0.05, 0) is 71.7 Å². The second-order valence-electron chi connectivity index (χ2n) is 18.4. The topological polar surface area (TPSA) is 170 Å². The van der Waals surface area contributed by atoms with E-state index < -0.39 is 103 Å². The number of cyclic esters (lactones) is 1. The maximum absolute atomic E-state index is 14.2. The summed E-state index contributed by atoms with van der Waals surface area (Å²) in [5, 5.41) is 22.8. The van der Waals surface area contributed by atoms with E-state index in [0.717, 1.165) is 11.1 Å². The van der Waals surface area contributed by atoms with Crippen LogP contribution in [-0.4, -0.2) is 168 Å². The number of ether oxygens (including phenoxy) is 10. The van der Waals surface area contributed by atoms with Gasteiger partial charge in [-0.25, -0.2) is 0 Å². The van der Waals surface area contributed by atoms with Crippen LogP contribution in [0.4, 0.5) is 0 Å². The zero-order valence-electron chi connectivity index (χ0n) is 41.8. The van der Waals surface area contributed by atoms with E-state index in [4.69, 9.17) is 47.4 Å². The predicted octanol–water partition coefficient (Wildman–Crippen LogP) is 5.96. The van der Waals surface area contributed by atoms with Gasteiger partial charge in [0.15, 0.2) is 18.4 Å². The molecule has 1 aromatic carbocycles. The molecule has 3 aliphatic rings. The number of hydrogen-bond donors (Lipinski definition) is 2. The molecule has 4 rings (SSSR count). The van der Waals surface area contributed by atoms with Gasteiger partial charge in [0, 0.05) is 45.7 Å². The number of allylic oxidation sites excluding steroid dienone is 3. The lowest BCUT2D eigenvalue weighted by molar-refractivity contribution is -0.308. The van der Waals surface area contributed by atoms with Gasteiger partial charge in [-0.15, -0.1) is 6.58 Å². The Morgan fingerprint density at radius 3 is 2.19 bits per heavy atom. The van der Waals surface area contributed by atoms with Crippen molar-refractivity contribution in [1.29, 1.82) is 0 Å². The number of aliphatic hydroxyl groups excluding tert-OH is 2. The summed E-state index contributed by atoms with van der Waals surface area (Å²) < 4.78 is 61.8. The zero-order chi connectivity index (χ0) is 49.2. The minimum Gasteiger partial charge on any atom is -0.462 e. The number of carbonyl (C=O) groups is 2. The Kier molecular flexibility index (Phi) is 24.0. The summed E-state index contributed by atoms with van der Waals surface area (Å²) in [5.74, 6) is -2.27. The fourth-order valence-electron chi connectivity index (χ4n) is 9.50. The minimum absolute atomic E-state index is 0.0620. The third kappa shape index (κ3) is 16.2. The molecule has 1 unspecified atom stereocenters. The summed E-state index contributed by atoms with van der Waals surface area (Å²) in [6.45, 7) is 16.2. The average Bonchev–Trinajstić information content (AvgIpc) is 3.31. The normalized spacial score (nSPS) is 37.5. The van der Waals surface area contributed by atoms with Crippen molar-refractivity contribution in [2.45, 2.75) is 147 Å². The smallest absolute Gasteiger partial charge is 0.308 e. The number of esters is 1. The highest BCUT2D eigenvalue weighted by Gasteiger charge is 2.49. The SMILES string of the molecule is C=CCO[C@H]1[C@H](N(C)C)[C@@H](O)C(O[C@H]2[C@@H](CCOC/C=C/c3ccccc3)C[C@@H](C)C(=O)/C=C/C(C)=C/[C@H](CO[C@@H]3O[C@H](C)[C@@H](O)[C@@H](OC)[C@H]3OC)[C@@H](CC)OC(=O)C[C@@H](OC)[C@@H]2C)O[C@@H]1C. The number of likely N-dealkylation sites (N-methyl/N-ethyl adjacent to an activating group) is 1. The van der Waals surface area contributed by atoms with Crippen molar-refractivity contribution < 1.29 is 67.2 Å². The average molecular weight is 944 g/mol. The first-order valence-electron chi connectivity index (χ1n) is 23.9. The maximum Gasteiger partial charge on any atom is 0.308 e. The number of aliphatic hydroxyl groups is 2. The molecule has 1 aromatic rings. The van der Waals surface area contributed by atoms with Crippen LogP contribution in [0.15, 0.2) is 72.9 Å². The number of ketones is 1. The fraction of sp³-hybridized carbons (Fsp3) is 0.692. The molecular formula is C52H81NO14. The molecule has 15 heteroatoms. The third-order valence-corrected chi connectivity index (χ3v) is 13.3. The van der Waals surface area contributed by atoms with E-state index in [1.54, 1.807) is 32.3 Å². The number of benzene rings is 1. The molecule has 378 valence electrons. The second-order valence-corrected chi connectivity index (χ2v) is 18.4. The zero-order valence-corrected chi connectivity index (χ0v) is 41.8. The molecule has 0 aromatic heterocycles. The van der Waals surface area contributed by atoms with Crippen molar-refractivity contribution >= 4 is 17.8 Å². The number of carbonyl (C=O) groups excluding carboxylic acids is 2. The van der Waals surface area contributed by atoms with Crippen LogP contribution in [0, 0.1) is 23.7 Å². The van der Waals surface area contributed by atoms with Gasteiger partial charge in [-0.3, -0.25) is 9.59 Å². The summed E-state index contributed by atoms with van der Waals surface area (Å²) in [6, 6.07) is 9.48. The highest BCUT2D eigenvalue weighted by molar-refractivity contribution is 5.91. The molecule has 0 radical (unpaired) electrons. The summed E-state index contributed by atoms with van der Waals surface area (Å²) in [6.07, 6.45) is 3.09. The molecule has 3 aliphatic heterocycles. The van der Waals surface area contributed by atoms with Gasteiger partial charge in [0.2, 0.25) is 0 Å². The molecule has 15 nitrogen and oxygen atoms in total. The van der Waals surface area contributed by atoms with Crippen molar-refractivity contribution in [2.75, 3.05) is 61.9 Å². The Labute approximate surface area is 399 Å². The Hall–Kier alpha value is -3.16. The highest BCUT2D eigenvalue weighted by atomic mass is 16.7. The Morgan fingerprint density at radius 1 is 0.851 bits per heavy atom. The van der Waals surface area contributed by atoms with Crippen molar-refractivity contribution in [3.05, 3.63) is 78.4 Å². The molecule has 0 spiro atoms. The van der Waals surface area contributed by atoms with Crippen LogP contribution >= 0.6 is 0 Å². The Bertz CT molecular complexity index is 1720. The summed E-state index contributed by atoms with van der Waals surface area (Å²) >= 11 is 0. The first-order valence-corrected chi connectivity index (χ1v) is 23.9. The van der Waals surface area contributed by atoms with Gasteiger partial charge in [-0.2, -0.15) is 0 Å². The highest BCUT2D eigenvalue weighted by Crippen LogP contribution is 2.36. The number of nitrogens with zero attached hydrogens (tertiary/aromatic N) is 1. The molecule has 2 fully saturated rings. The van der Waals surface area contributed by atoms with E-state index in [-0.39, 0.29) is 31.3 Å². The van der Waals surface area contributed by atoms with E-state index in [9.17, 15) is 19.8 Å². The van der Waals surface area contributed by atoms with Gasteiger partial charge in [0.1, 0.15) is 36.6 Å². The lowest BCUT2D eigenvalue weighted by Crippen LogP contribution is -2.64. The fourth-order valence-corrected chi connectivity index (χ4v) is 9.50. The monoisotopic (exact) mass is 944 g/mol. The standard InChI is InChI=1S/C52H81NO14/c1-13-25-62-48-36(7)65-51(46(57)44(48)53(8)9)67-47-34(5)42(58-10)30-43(55)66-41(14-2)39(31-63-52-50(60-12)49(59-11)45(56)35(6)64-52)28-32(3)22-23-40(54)33(4)29-38(47)24-27-61-26-18-21-37-19-16-15-17-20-37/h13,15-23,28,33-36,38-39,41-42,44-52,56-57H,1,14,24-27,29-31H2,2-12H3/b21-18+,23-22+,32-28+/t33-,34+,35-,36-,38+,39-,41-,42-,44-,45-,46-,47-,48-,49-,50-,51?,52-/m1/s1. The molecule has 3 heterocycles. The quantitative estimate of drug-likeness (QED) is 0.0946. The first-order chi connectivity index (χ1) is 32.1. The van der Waals surface area contributed by atoms with E-state index in [0.29, 0.717) is 32.5 Å². The Morgan fingerprint density at radius 2 is 1.55 bits per heavy atom. The van der Waals surface area contributed by atoms with Crippen molar-refractivity contribution in [1.82, 2.24) is 4.90 Å². The van der Waals surface area contributed by atoms with Crippen LogP contribution in [0.2, 0.25) is 0 Å². The molecule has 2 saturated heterocycles. The van der Waals surface area contributed by atoms with Gasteiger partial charge in [0.25, 0.3) is 0 Å². The van der Waals surface area contributed by atoms with Crippen LogP contribution in [0.3, 0.4) is 0 Å². The van der Waals surface area contributed by atoms with Crippen LogP contribution in [0.1, 0.15) is 72.8 Å². The lowest BCUT2D eigenvalue weighted by Gasteiger charge is -2.48. The second kappa shape index (κ2) is 28.5. The molecule has 0 aliphatic carbocycles. The largest absolute Gasteiger partial charge is 0.462 e. The maximum atomic E-state index is 14.2. The van der Waals surface area contributed by atoms with Gasteiger partial charge < -0.3 is 62.5 Å². The van der Waals surface area contributed by atoms with Gasteiger partial charge in [-0.1, -0.05) is 87.1 Å². The van der Waals surface area contributed by atoms with E-state index in [2.05, 4.69) is 6.58 Å².